The van der Waals surface area contributed by atoms with Crippen LogP contribution in [0.1, 0.15) is 20.8 Å². The first-order valence-corrected chi connectivity index (χ1v) is 7.68. The maximum Gasteiger partial charge on any atom is 0.332 e. The average molecular weight is 325 g/mol. The van der Waals surface area contributed by atoms with Crippen LogP contribution in [0, 0.1) is 0 Å². The van der Waals surface area contributed by atoms with Crippen LogP contribution in [0.3, 0.4) is 0 Å². The van der Waals surface area contributed by atoms with Crippen LogP contribution in [0.4, 0.5) is 0 Å². The Morgan fingerprint density at radius 2 is 1.91 bits per heavy atom. The van der Waals surface area contributed by atoms with Gasteiger partial charge in [-0.05, 0) is 20.8 Å². The third-order valence-electron chi connectivity index (χ3n) is 2.93. The lowest BCUT2D eigenvalue weighted by Gasteiger charge is -2.19. The van der Waals surface area contributed by atoms with Crippen molar-refractivity contribution >= 4 is 28.8 Å². The van der Waals surface area contributed by atoms with Crippen molar-refractivity contribution in [2.24, 2.45) is 14.1 Å². The topological polar surface area (TPSA) is 102 Å². The number of nitrogens with one attached hydrogen (secondary N) is 2. The highest BCUT2D eigenvalue weighted by atomic mass is 32.2. The number of imidazole rings is 1. The molecule has 0 saturated carbocycles. The largest absolute Gasteiger partial charge is 0.351 e. The Morgan fingerprint density at radius 3 is 2.50 bits per heavy atom. The zero-order valence-electron chi connectivity index (χ0n) is 13.2. The quantitative estimate of drug-likeness (QED) is 0.772. The van der Waals surface area contributed by atoms with Crippen molar-refractivity contribution in [1.29, 1.82) is 0 Å². The number of hydrogen-bond donors (Lipinski definition) is 2. The second kappa shape index (κ2) is 5.64. The van der Waals surface area contributed by atoms with Gasteiger partial charge in [-0.1, -0.05) is 11.8 Å². The van der Waals surface area contributed by atoms with E-state index in [4.69, 9.17) is 0 Å². The SMILES string of the molecule is Cn1c(=O)c2[nH]c(SCC(=O)NC(C)(C)C)nc2n(C)c1=O. The number of hydrogen-bond acceptors (Lipinski definition) is 5. The Kier molecular flexibility index (Phi) is 4.19. The number of fused-ring (bicyclic) bond motifs is 1. The molecule has 0 atom stereocenters. The van der Waals surface area contributed by atoms with Gasteiger partial charge in [-0.15, -0.1) is 0 Å². The lowest BCUT2D eigenvalue weighted by atomic mass is 10.1. The molecule has 0 aliphatic carbocycles. The summed E-state index contributed by atoms with van der Waals surface area (Å²) in [5.74, 6) is 0.0467. The Bertz CT molecular complexity index is 840. The Labute approximate surface area is 130 Å². The second-order valence-corrected chi connectivity index (χ2v) is 7.00. The maximum atomic E-state index is 12.0. The molecule has 2 heterocycles. The van der Waals surface area contributed by atoms with E-state index in [2.05, 4.69) is 15.3 Å². The molecule has 9 heteroatoms. The van der Waals surface area contributed by atoms with E-state index in [0.29, 0.717) is 5.16 Å². The number of carbonyl (C=O) groups is 1. The normalized spacial score (nSPS) is 11.9. The minimum atomic E-state index is -0.439. The molecule has 0 unspecified atom stereocenters. The summed E-state index contributed by atoms with van der Waals surface area (Å²) in [6.07, 6.45) is 0. The van der Waals surface area contributed by atoms with Gasteiger partial charge in [0.2, 0.25) is 5.91 Å². The molecule has 0 aromatic carbocycles. The predicted molar refractivity (Wildman–Crippen MR) is 85.2 cm³/mol. The Balaban J connectivity index is 2.26. The minimum Gasteiger partial charge on any atom is -0.351 e. The van der Waals surface area contributed by atoms with E-state index in [1.807, 2.05) is 20.8 Å². The predicted octanol–water partition coefficient (Wildman–Crippen LogP) is -0.0329. The summed E-state index contributed by atoms with van der Waals surface area (Å²) in [5.41, 5.74) is -0.636. The van der Waals surface area contributed by atoms with Gasteiger partial charge in [-0.25, -0.2) is 9.78 Å². The zero-order chi connectivity index (χ0) is 16.7. The Hall–Kier alpha value is -2.03. The van der Waals surface area contributed by atoms with Gasteiger partial charge in [0.15, 0.2) is 16.3 Å². The van der Waals surface area contributed by atoms with Crippen molar-refractivity contribution in [1.82, 2.24) is 24.4 Å². The lowest BCUT2D eigenvalue weighted by molar-refractivity contribution is -0.119. The number of nitrogens with zero attached hydrogens (tertiary/aromatic N) is 3. The molecule has 2 N–H and O–H groups in total. The molecular formula is C13H19N5O3S. The van der Waals surface area contributed by atoms with E-state index >= 15 is 0 Å². The monoisotopic (exact) mass is 325 g/mol. The summed E-state index contributed by atoms with van der Waals surface area (Å²) in [6.45, 7) is 5.70. The molecule has 0 radical (unpaired) electrons. The summed E-state index contributed by atoms with van der Waals surface area (Å²) in [4.78, 5) is 42.8. The standard InChI is InChI=1S/C13H19N5O3S/c1-13(2,3)16-7(19)6-22-11-14-8-9(15-11)17(4)12(21)18(5)10(8)20/h6H2,1-5H3,(H,14,15)(H,16,19). The fourth-order valence-electron chi connectivity index (χ4n) is 1.96. The molecule has 0 aliphatic heterocycles. The van der Waals surface area contributed by atoms with E-state index in [0.717, 1.165) is 4.57 Å². The first-order valence-electron chi connectivity index (χ1n) is 6.69. The summed E-state index contributed by atoms with van der Waals surface area (Å²) in [6, 6.07) is 0. The second-order valence-electron chi connectivity index (χ2n) is 6.03. The van der Waals surface area contributed by atoms with Gasteiger partial charge in [-0.2, -0.15) is 0 Å². The van der Waals surface area contributed by atoms with E-state index in [1.165, 1.54) is 23.4 Å². The van der Waals surface area contributed by atoms with Crippen LogP contribution >= 0.6 is 11.8 Å². The van der Waals surface area contributed by atoms with Gasteiger partial charge in [0.25, 0.3) is 5.56 Å². The number of H-pyrrole nitrogens is 1. The summed E-state index contributed by atoms with van der Waals surface area (Å²) >= 11 is 1.18. The van der Waals surface area contributed by atoms with Crippen LogP contribution in [0.5, 0.6) is 0 Å². The summed E-state index contributed by atoms with van der Waals surface area (Å²) in [5, 5.41) is 3.27. The molecular weight excluding hydrogens is 306 g/mol. The third kappa shape index (κ3) is 3.24. The highest BCUT2D eigenvalue weighted by molar-refractivity contribution is 7.99. The average Bonchev–Trinajstić information content (AvgIpc) is 2.83. The van der Waals surface area contributed by atoms with Gasteiger partial charge >= 0.3 is 5.69 Å². The molecule has 120 valence electrons. The first-order chi connectivity index (χ1) is 10.1. The number of aromatic amines is 1. The molecule has 2 aromatic rings. The van der Waals surface area contributed by atoms with E-state index in [1.54, 1.807) is 7.05 Å². The van der Waals surface area contributed by atoms with Crippen molar-refractivity contribution in [3.05, 3.63) is 20.8 Å². The van der Waals surface area contributed by atoms with Crippen LogP contribution < -0.4 is 16.6 Å². The number of rotatable bonds is 3. The highest BCUT2D eigenvalue weighted by Gasteiger charge is 2.16. The Morgan fingerprint density at radius 1 is 1.27 bits per heavy atom. The van der Waals surface area contributed by atoms with Crippen molar-refractivity contribution in [3.63, 3.8) is 0 Å². The zero-order valence-corrected chi connectivity index (χ0v) is 14.0. The number of thioether (sulfide) groups is 1. The molecule has 0 bridgehead atoms. The van der Waals surface area contributed by atoms with E-state index in [-0.39, 0.29) is 28.4 Å². The summed E-state index contributed by atoms with van der Waals surface area (Å²) < 4.78 is 2.31. The van der Waals surface area contributed by atoms with Crippen LogP contribution in [0.2, 0.25) is 0 Å². The molecule has 22 heavy (non-hydrogen) atoms. The van der Waals surface area contributed by atoms with Gasteiger partial charge in [0.05, 0.1) is 5.75 Å². The molecule has 2 rings (SSSR count). The maximum absolute atomic E-state index is 12.0. The van der Waals surface area contributed by atoms with Crippen LogP contribution in [-0.2, 0) is 18.9 Å². The van der Waals surface area contributed by atoms with Crippen LogP contribution in [0.15, 0.2) is 14.7 Å². The van der Waals surface area contributed by atoms with Gasteiger partial charge in [0.1, 0.15) is 0 Å². The van der Waals surface area contributed by atoms with Gasteiger partial charge in [0, 0.05) is 19.6 Å². The van der Waals surface area contributed by atoms with Crippen molar-refractivity contribution < 1.29 is 4.79 Å². The molecule has 0 spiro atoms. The van der Waals surface area contributed by atoms with Gasteiger partial charge < -0.3 is 10.3 Å². The minimum absolute atomic E-state index is 0.125. The molecule has 1 amide bonds. The van der Waals surface area contributed by atoms with Crippen LogP contribution in [-0.4, -0.2) is 36.3 Å². The fourth-order valence-corrected chi connectivity index (χ4v) is 2.63. The molecule has 0 aliphatic rings. The fraction of sp³-hybridized carbons (Fsp3) is 0.538. The van der Waals surface area contributed by atoms with Gasteiger partial charge in [-0.3, -0.25) is 18.7 Å². The smallest absolute Gasteiger partial charge is 0.332 e. The number of carbonyl (C=O) groups excluding carboxylic acids is 1. The molecule has 0 saturated heterocycles. The number of aryl methyl sites for hydroxylation is 1. The number of aromatic nitrogens is 4. The van der Waals surface area contributed by atoms with Crippen molar-refractivity contribution in [2.75, 3.05) is 5.75 Å². The highest BCUT2D eigenvalue weighted by Crippen LogP contribution is 2.16. The van der Waals surface area contributed by atoms with Crippen molar-refractivity contribution in [2.45, 2.75) is 31.5 Å². The van der Waals surface area contributed by atoms with Crippen LogP contribution in [0.25, 0.3) is 11.2 Å². The third-order valence-corrected chi connectivity index (χ3v) is 3.80. The molecule has 8 nitrogen and oxygen atoms in total. The molecule has 2 aromatic heterocycles. The number of amides is 1. The first kappa shape index (κ1) is 16.3. The van der Waals surface area contributed by atoms with E-state index in [9.17, 15) is 14.4 Å². The lowest BCUT2D eigenvalue weighted by Crippen LogP contribution is -2.41. The molecule has 0 fully saturated rings. The summed E-state index contributed by atoms with van der Waals surface area (Å²) in [7, 11) is 2.96. The van der Waals surface area contributed by atoms with E-state index < -0.39 is 11.2 Å². The van der Waals surface area contributed by atoms with Crippen molar-refractivity contribution in [3.8, 4) is 0 Å².